The van der Waals surface area contributed by atoms with Gasteiger partial charge < -0.3 is 40.5 Å². The summed E-state index contributed by atoms with van der Waals surface area (Å²) in [6, 6.07) is 0. The molecule has 35 heavy (non-hydrogen) atoms. The van der Waals surface area contributed by atoms with Crippen molar-refractivity contribution in [3.63, 3.8) is 0 Å². The van der Waals surface area contributed by atoms with Gasteiger partial charge in [0.1, 0.15) is 12.7 Å². The number of carboxylic acid groups (broad SMARTS) is 2. The molecule has 0 bridgehead atoms. The zero-order chi connectivity index (χ0) is 28.0. The van der Waals surface area contributed by atoms with Crippen LogP contribution in [-0.2, 0) is 19.1 Å². The topological polar surface area (TPSA) is 192 Å². The lowest BCUT2D eigenvalue weighted by atomic mass is 10.0. The van der Waals surface area contributed by atoms with Crippen molar-refractivity contribution < 1.29 is 49.1 Å². The van der Waals surface area contributed by atoms with Gasteiger partial charge in [0.25, 0.3) is 0 Å². The van der Waals surface area contributed by atoms with Crippen molar-refractivity contribution >= 4 is 24.1 Å². The van der Waals surface area contributed by atoms with Crippen molar-refractivity contribution in [1.82, 2.24) is 10.6 Å². The number of ether oxygens (including phenoxy) is 2. The third-order valence-electron chi connectivity index (χ3n) is 3.98. The molecule has 0 saturated heterocycles. The van der Waals surface area contributed by atoms with E-state index in [9.17, 15) is 24.3 Å². The molecule has 0 aliphatic rings. The number of amides is 2. The Balaban J connectivity index is -0.000000697. The fourth-order valence-corrected chi connectivity index (χ4v) is 1.52. The monoisotopic (exact) mass is 506 g/mol. The second-order valence-corrected chi connectivity index (χ2v) is 8.00. The highest BCUT2D eigenvalue weighted by Crippen LogP contribution is 2.11. The maximum atomic E-state index is 11.5. The van der Waals surface area contributed by atoms with Crippen LogP contribution in [0.3, 0.4) is 0 Å². The smallest absolute Gasteiger partial charge is 0.407 e. The maximum absolute atomic E-state index is 11.5. The number of rotatable bonds is 13. The summed E-state index contributed by atoms with van der Waals surface area (Å²) in [6.07, 6.45) is 1.80. The number of nitrogens with one attached hydrogen (secondary N) is 2. The van der Waals surface area contributed by atoms with Gasteiger partial charge >= 0.3 is 24.1 Å². The molecule has 0 rings (SSSR count). The summed E-state index contributed by atoms with van der Waals surface area (Å²) in [5.74, 6) is -1.87. The molecule has 1 atom stereocenters. The van der Waals surface area contributed by atoms with E-state index in [1.807, 2.05) is 0 Å². The van der Waals surface area contributed by atoms with E-state index < -0.39 is 35.8 Å². The van der Waals surface area contributed by atoms with E-state index in [0.29, 0.717) is 13.1 Å². The Morgan fingerprint density at radius 3 is 1.54 bits per heavy atom. The highest BCUT2D eigenvalue weighted by atomic mass is 16.6. The Bertz CT molecular complexity index is 624. The highest BCUT2D eigenvalue weighted by molar-refractivity contribution is 5.85. The fourth-order valence-electron chi connectivity index (χ4n) is 1.52. The molecular weight excluding hydrogens is 464 g/mol. The van der Waals surface area contributed by atoms with Gasteiger partial charge in [0, 0.05) is 24.2 Å². The van der Waals surface area contributed by atoms with Crippen LogP contribution in [0.25, 0.3) is 0 Å². The van der Waals surface area contributed by atoms with Crippen LogP contribution in [0.2, 0.25) is 0 Å². The molecule has 1 unspecified atom stereocenters. The zero-order valence-electron chi connectivity index (χ0n) is 21.4. The lowest BCUT2D eigenvalue weighted by molar-refractivity contribution is -0.133. The van der Waals surface area contributed by atoms with Crippen LogP contribution in [0.1, 0.15) is 60.3 Å². The second kappa shape index (κ2) is 21.4. The van der Waals surface area contributed by atoms with Gasteiger partial charge in [-0.1, -0.05) is 26.0 Å². The van der Waals surface area contributed by atoms with Crippen molar-refractivity contribution in [3.8, 4) is 0 Å². The summed E-state index contributed by atoms with van der Waals surface area (Å²) < 4.78 is 9.68. The lowest BCUT2D eigenvalue weighted by Crippen LogP contribution is -2.40. The van der Waals surface area contributed by atoms with Gasteiger partial charge in [0.2, 0.25) is 0 Å². The van der Waals surface area contributed by atoms with E-state index in [1.54, 1.807) is 20.8 Å². The van der Waals surface area contributed by atoms with Crippen molar-refractivity contribution in [2.24, 2.45) is 0 Å². The summed E-state index contributed by atoms with van der Waals surface area (Å²) >= 11 is 0. The highest BCUT2D eigenvalue weighted by Gasteiger charge is 2.25. The molecule has 204 valence electrons. The summed E-state index contributed by atoms with van der Waals surface area (Å²) in [5.41, 5.74) is -0.715. The molecule has 0 spiro atoms. The minimum atomic E-state index is -1.07. The van der Waals surface area contributed by atoms with Gasteiger partial charge in [0.15, 0.2) is 0 Å². The number of alkyl carbamates (subject to hydrolysis) is 2. The van der Waals surface area contributed by atoms with Crippen molar-refractivity contribution in [1.29, 1.82) is 0 Å². The first kappa shape index (κ1) is 36.4. The molecule has 2 amide bonds. The number of aliphatic hydroxyl groups is 2. The number of unbranched alkanes of at least 4 members (excludes halogenated alkanes) is 3. The number of hydrogen-bond donors (Lipinski definition) is 6. The van der Waals surface area contributed by atoms with Crippen LogP contribution < -0.4 is 10.6 Å². The molecule has 0 fully saturated rings. The van der Waals surface area contributed by atoms with Gasteiger partial charge in [-0.15, -0.1) is 0 Å². The van der Waals surface area contributed by atoms with Gasteiger partial charge in [-0.25, -0.2) is 19.2 Å². The number of aliphatic carboxylic acids is 2. The van der Waals surface area contributed by atoms with E-state index in [0.717, 1.165) is 25.7 Å². The minimum absolute atomic E-state index is 0.000314. The lowest BCUT2D eigenvalue weighted by Gasteiger charge is -2.25. The van der Waals surface area contributed by atoms with Crippen molar-refractivity contribution in [2.45, 2.75) is 72.0 Å². The molecule has 0 saturated carbocycles. The molecule has 0 radical (unpaired) electrons. The zero-order valence-corrected chi connectivity index (χ0v) is 21.4. The summed E-state index contributed by atoms with van der Waals surface area (Å²) in [6.45, 7) is 14.8. The van der Waals surface area contributed by atoms with Crippen LogP contribution in [0.15, 0.2) is 24.3 Å². The van der Waals surface area contributed by atoms with Gasteiger partial charge in [-0.05, 0) is 47.5 Å². The van der Waals surface area contributed by atoms with Crippen LogP contribution in [0, 0.1) is 0 Å². The first-order chi connectivity index (χ1) is 16.1. The first-order valence-corrected chi connectivity index (χ1v) is 11.0. The van der Waals surface area contributed by atoms with E-state index in [2.05, 4.69) is 28.5 Å². The molecule has 0 heterocycles. The summed E-state index contributed by atoms with van der Waals surface area (Å²) in [7, 11) is 0. The number of carbonyl (C=O) groups is 4. The minimum Gasteiger partial charge on any atom is -0.478 e. The number of carboxylic acids is 2. The first-order valence-electron chi connectivity index (χ1n) is 11.0. The Morgan fingerprint density at radius 2 is 1.23 bits per heavy atom. The van der Waals surface area contributed by atoms with Crippen LogP contribution in [-0.4, -0.2) is 82.6 Å². The van der Waals surface area contributed by atoms with E-state index >= 15 is 0 Å². The molecule has 0 aliphatic carbocycles. The molecule has 0 aromatic heterocycles. The van der Waals surface area contributed by atoms with Gasteiger partial charge in [0.05, 0.1) is 12.2 Å². The summed E-state index contributed by atoms with van der Waals surface area (Å²) in [4.78, 5) is 41.7. The molecule has 6 N–H and O–H groups in total. The second-order valence-electron chi connectivity index (χ2n) is 8.00. The Kier molecular flexibility index (Phi) is 22.3. The number of carbonyl (C=O) groups excluding carboxylic acids is 2. The van der Waals surface area contributed by atoms with Crippen LogP contribution in [0.4, 0.5) is 9.59 Å². The van der Waals surface area contributed by atoms with Gasteiger partial charge in [-0.2, -0.15) is 0 Å². The Labute approximate surface area is 207 Å². The average Bonchev–Trinajstić information content (AvgIpc) is 2.74. The third-order valence-corrected chi connectivity index (χ3v) is 3.98. The fraction of sp³-hybridized carbons (Fsp3) is 0.652. The molecule has 0 aromatic rings. The standard InChI is InChI=1S/C15H30N2O6.2C4H6O2/c1-12(15(2,3)21)23-14(20)17-9-7-5-4-6-8-16-13(19)22-11-10-18;2*1-3(2)4(5)6/h12,18,21H,4-11H2,1-3H3,(H,16,19)(H,17,20);2*1H2,2H3,(H,5,6). The SMILES string of the molecule is C=C(C)C(=O)O.C=C(C)C(=O)O.CC(OC(=O)NCCCCCCNC(=O)OCCO)C(C)(C)O. The number of aliphatic hydroxyl groups excluding tert-OH is 1. The van der Waals surface area contributed by atoms with Crippen LogP contribution in [0.5, 0.6) is 0 Å². The average molecular weight is 507 g/mol. The Hall–Kier alpha value is -3.12. The molecule has 12 heteroatoms. The molecule has 12 nitrogen and oxygen atoms in total. The van der Waals surface area contributed by atoms with E-state index in [1.165, 1.54) is 13.8 Å². The van der Waals surface area contributed by atoms with Crippen LogP contribution >= 0.6 is 0 Å². The van der Waals surface area contributed by atoms with Crippen molar-refractivity contribution in [2.75, 3.05) is 26.3 Å². The predicted octanol–water partition coefficient (Wildman–Crippen LogP) is 2.45. The van der Waals surface area contributed by atoms with Gasteiger partial charge in [-0.3, -0.25) is 0 Å². The normalized spacial score (nSPS) is 10.7. The maximum Gasteiger partial charge on any atom is 0.407 e. The largest absolute Gasteiger partial charge is 0.478 e. The number of hydrogen-bond acceptors (Lipinski definition) is 8. The molecule has 0 aliphatic heterocycles. The molecule has 0 aromatic carbocycles. The summed E-state index contributed by atoms with van der Waals surface area (Å²) in [5, 5.41) is 39.1. The van der Waals surface area contributed by atoms with E-state index in [-0.39, 0.29) is 24.4 Å². The molecular formula is C23H42N2O10. The third kappa shape index (κ3) is 28.8. The Morgan fingerprint density at radius 1 is 0.857 bits per heavy atom. The van der Waals surface area contributed by atoms with Crippen molar-refractivity contribution in [3.05, 3.63) is 24.3 Å². The predicted molar refractivity (Wildman–Crippen MR) is 130 cm³/mol. The quantitative estimate of drug-likeness (QED) is 0.160. The van der Waals surface area contributed by atoms with E-state index in [4.69, 9.17) is 20.1 Å².